The lowest BCUT2D eigenvalue weighted by Crippen LogP contribution is -2.60. The number of rotatable bonds is 10. The first-order chi connectivity index (χ1) is 26.9. The summed E-state index contributed by atoms with van der Waals surface area (Å²) in [6.07, 6.45) is 9.37. The van der Waals surface area contributed by atoms with E-state index in [-0.39, 0.29) is 36.6 Å². The van der Waals surface area contributed by atoms with Crippen LogP contribution in [0.2, 0.25) is 0 Å². The molecule has 17 atom stereocenters. The van der Waals surface area contributed by atoms with Gasteiger partial charge in [-0.1, -0.05) is 45.1 Å². The molecule has 57 heavy (non-hydrogen) atoms. The highest BCUT2D eigenvalue weighted by Gasteiger charge is 2.55. The van der Waals surface area contributed by atoms with Gasteiger partial charge in [-0.15, -0.1) is 0 Å². The van der Waals surface area contributed by atoms with Crippen molar-refractivity contribution in [2.75, 3.05) is 6.61 Å². The number of carboxylic acids is 1. The van der Waals surface area contributed by atoms with E-state index in [1.54, 1.807) is 6.08 Å². The van der Waals surface area contributed by atoms with Crippen LogP contribution < -0.4 is 0 Å². The van der Waals surface area contributed by atoms with Gasteiger partial charge in [0, 0.05) is 38.0 Å². The molecule has 0 bridgehead atoms. The maximum absolute atomic E-state index is 11.6. The minimum atomic E-state index is -1.96. The molecule has 5 N–H and O–H groups in total. The Kier molecular flexibility index (Phi) is 12.9. The first kappa shape index (κ1) is 43.3. The van der Waals surface area contributed by atoms with E-state index < -0.39 is 71.7 Å². The van der Waals surface area contributed by atoms with Crippen LogP contribution in [0.4, 0.5) is 0 Å². The molecule has 7 aliphatic heterocycles. The molecule has 322 valence electrons. The van der Waals surface area contributed by atoms with Crippen molar-refractivity contribution in [3.8, 4) is 0 Å². The molecule has 13 nitrogen and oxygen atoms in total. The molecule has 7 heterocycles. The second-order valence-corrected chi connectivity index (χ2v) is 18.9. The van der Waals surface area contributed by atoms with E-state index >= 15 is 0 Å². The monoisotopic (exact) mass is 804 g/mol. The van der Waals surface area contributed by atoms with Crippen LogP contribution in [0.3, 0.4) is 0 Å². The quantitative estimate of drug-likeness (QED) is 0.182. The van der Waals surface area contributed by atoms with Crippen LogP contribution in [0.5, 0.6) is 0 Å². The van der Waals surface area contributed by atoms with Crippen molar-refractivity contribution in [1.82, 2.24) is 0 Å². The Bertz CT molecular complexity index is 1510. The highest BCUT2D eigenvalue weighted by molar-refractivity contribution is 5.76. The number of hydrogen-bond donors (Lipinski definition) is 5. The van der Waals surface area contributed by atoms with Crippen molar-refractivity contribution in [2.45, 2.75) is 209 Å². The van der Waals surface area contributed by atoms with Crippen molar-refractivity contribution in [3.05, 3.63) is 36.0 Å². The summed E-state index contributed by atoms with van der Waals surface area (Å²) in [4.78, 5) is 11.6. The largest absolute Gasteiger partial charge is 0.479 e. The summed E-state index contributed by atoms with van der Waals surface area (Å²) in [6, 6.07) is 0. The first-order valence-corrected chi connectivity index (χ1v) is 21.7. The molecule has 0 aromatic carbocycles. The Morgan fingerprint density at radius 3 is 2.49 bits per heavy atom. The van der Waals surface area contributed by atoms with Crippen molar-refractivity contribution in [1.29, 1.82) is 0 Å². The summed E-state index contributed by atoms with van der Waals surface area (Å²) >= 11 is 0. The van der Waals surface area contributed by atoms with Crippen molar-refractivity contribution in [3.63, 3.8) is 0 Å². The van der Waals surface area contributed by atoms with E-state index in [9.17, 15) is 30.3 Å². The molecule has 6 fully saturated rings. The van der Waals surface area contributed by atoms with Gasteiger partial charge in [-0.3, -0.25) is 0 Å². The Morgan fingerprint density at radius 2 is 1.75 bits per heavy atom. The number of aliphatic hydroxyl groups excluding tert-OH is 3. The lowest BCUT2D eigenvalue weighted by atomic mass is 9.79. The van der Waals surface area contributed by atoms with E-state index in [4.69, 9.17) is 33.2 Å². The van der Waals surface area contributed by atoms with Gasteiger partial charge in [0.15, 0.2) is 17.2 Å². The Hall–Kier alpha value is -1.75. The summed E-state index contributed by atoms with van der Waals surface area (Å²) in [5, 5.41) is 54.0. The molecular formula is C44H68O13. The summed E-state index contributed by atoms with van der Waals surface area (Å²) in [7, 11) is 0. The third-order valence-electron chi connectivity index (χ3n) is 14.0. The molecular weight excluding hydrogens is 736 g/mol. The highest BCUT2D eigenvalue weighted by Crippen LogP contribution is 2.47. The Balaban J connectivity index is 0.920. The number of carbonyl (C=O) groups is 1. The fraction of sp³-hybridized carbons (Fsp3) is 0.841. The van der Waals surface area contributed by atoms with Gasteiger partial charge in [-0.25, -0.2) is 4.79 Å². The number of ether oxygens (including phenoxy) is 7. The van der Waals surface area contributed by atoms with Crippen molar-refractivity contribution >= 4 is 5.97 Å². The summed E-state index contributed by atoms with van der Waals surface area (Å²) < 4.78 is 45.2. The third kappa shape index (κ3) is 9.15. The molecule has 7 rings (SSSR count). The third-order valence-corrected chi connectivity index (χ3v) is 14.0. The van der Waals surface area contributed by atoms with E-state index in [1.807, 2.05) is 19.9 Å². The van der Waals surface area contributed by atoms with Crippen molar-refractivity contribution in [2.24, 2.45) is 17.8 Å². The van der Waals surface area contributed by atoms with Gasteiger partial charge in [-0.05, 0) is 95.1 Å². The normalized spacial score (nSPS) is 45.4. The van der Waals surface area contributed by atoms with Crippen LogP contribution in [0, 0.1) is 17.8 Å². The van der Waals surface area contributed by atoms with Gasteiger partial charge in [0.05, 0.1) is 43.2 Å². The predicted octanol–water partition coefficient (Wildman–Crippen LogP) is 5.21. The molecule has 0 radical (unpaired) electrons. The van der Waals surface area contributed by atoms with Crippen LogP contribution >= 0.6 is 0 Å². The molecule has 13 heteroatoms. The lowest BCUT2D eigenvalue weighted by molar-refractivity contribution is -0.321. The summed E-state index contributed by atoms with van der Waals surface area (Å²) in [6.45, 7) is 14.5. The maximum atomic E-state index is 11.6. The number of hydrogen-bond acceptors (Lipinski definition) is 12. The molecule has 0 saturated carbocycles. The maximum Gasteiger partial charge on any atom is 0.335 e. The van der Waals surface area contributed by atoms with Gasteiger partial charge in [0.2, 0.25) is 5.79 Å². The topological polar surface area (TPSA) is 183 Å². The molecule has 5 unspecified atom stereocenters. The van der Waals surface area contributed by atoms with Gasteiger partial charge in [-0.2, -0.15) is 0 Å². The minimum absolute atomic E-state index is 0.0423. The highest BCUT2D eigenvalue weighted by atomic mass is 16.7. The van der Waals surface area contributed by atoms with E-state index in [1.165, 1.54) is 6.92 Å². The Morgan fingerprint density at radius 1 is 1.00 bits per heavy atom. The average molecular weight is 805 g/mol. The van der Waals surface area contributed by atoms with Crippen LogP contribution in [-0.4, -0.2) is 122 Å². The Labute approximate surface area is 337 Å². The van der Waals surface area contributed by atoms with E-state index in [2.05, 4.69) is 26.5 Å². The van der Waals surface area contributed by atoms with Gasteiger partial charge < -0.3 is 58.7 Å². The summed E-state index contributed by atoms with van der Waals surface area (Å²) in [5.74, 6) is -3.82. The predicted molar refractivity (Wildman–Crippen MR) is 208 cm³/mol. The fourth-order valence-corrected chi connectivity index (χ4v) is 10.5. The molecule has 0 aromatic heterocycles. The van der Waals surface area contributed by atoms with Crippen LogP contribution in [0.1, 0.15) is 125 Å². The van der Waals surface area contributed by atoms with E-state index in [0.717, 1.165) is 50.7 Å². The second-order valence-electron chi connectivity index (χ2n) is 18.9. The zero-order valence-corrected chi connectivity index (χ0v) is 34.6. The van der Waals surface area contributed by atoms with Crippen LogP contribution in [0.25, 0.3) is 0 Å². The minimum Gasteiger partial charge on any atom is -0.479 e. The van der Waals surface area contributed by atoms with Gasteiger partial charge in [0.1, 0.15) is 24.4 Å². The second kappa shape index (κ2) is 17.0. The van der Waals surface area contributed by atoms with Crippen molar-refractivity contribution < 1.29 is 63.5 Å². The van der Waals surface area contributed by atoms with Crippen LogP contribution in [0.15, 0.2) is 36.0 Å². The first-order valence-electron chi connectivity index (χ1n) is 21.7. The molecule has 6 saturated heterocycles. The smallest absolute Gasteiger partial charge is 0.335 e. The van der Waals surface area contributed by atoms with Gasteiger partial charge in [0.25, 0.3) is 0 Å². The molecule has 0 aromatic rings. The van der Waals surface area contributed by atoms with E-state index in [0.29, 0.717) is 56.4 Å². The van der Waals surface area contributed by atoms with Gasteiger partial charge >= 0.3 is 5.97 Å². The number of fused-ring (bicyclic) bond motifs is 1. The average Bonchev–Trinajstić information content (AvgIpc) is 3.56. The zero-order valence-electron chi connectivity index (χ0n) is 34.6. The SMILES string of the molecule is C=C1[C@@H](O)C2OC3(CCC2O[C@@H]1[C@@H](O)C[C@H](C)C1O[C@@]2(CCCCO2)CC[C@H]1C)CC[C@H](/C=C/[C@@H](C)[C@@H]1CC(C)=CC2(O[C@H](C[C@@](C)(O)C(=O)O)CC[C@H]2O)O1)O3. The fourth-order valence-electron chi connectivity index (χ4n) is 10.5. The number of aliphatic hydroxyl groups is 4. The zero-order chi connectivity index (χ0) is 40.9. The molecule has 3 spiro atoms. The molecule has 7 aliphatic rings. The number of aliphatic carboxylic acids is 1. The summed E-state index contributed by atoms with van der Waals surface area (Å²) in [5.41, 5.74) is -0.551. The standard InChI is InChI=1S/C44H68O13/c1-25-21-34(55-44(23-25)35(46)12-11-31(54-44)24-41(6,50)40(48)49)26(2)9-10-30-14-18-43(53-30)19-15-33-39(57-43)36(47)29(5)38(52-33)32(45)22-28(4)37-27(3)13-17-42(56-37)16-7-8-20-51-42/h9-10,23,26-28,30-39,45-47,50H,5,7-8,11-22,24H2,1-4,6H3,(H,48,49)/b10-9+/t26-,27-,28+,30+,31+,32+,33?,34+,35-,36-,37?,38+,39?,41-,42+,43?,44?/m1/s1. The molecule has 0 aliphatic carbocycles. The molecule has 0 amide bonds. The lowest BCUT2D eigenvalue weighted by Gasteiger charge is -2.50. The number of carboxylic acid groups (broad SMARTS) is 1. The van der Waals surface area contributed by atoms with Crippen LogP contribution in [-0.2, 0) is 38.0 Å².